The molecule has 0 spiro atoms. The summed E-state index contributed by atoms with van der Waals surface area (Å²) < 4.78 is 1.39. The maximum atomic E-state index is 11.8. The number of fused-ring (bicyclic) bond motifs is 1. The van der Waals surface area contributed by atoms with Gasteiger partial charge in [-0.2, -0.15) is 4.98 Å². The molecule has 3 N–H and O–H groups in total. The zero-order valence-corrected chi connectivity index (χ0v) is 10.9. The van der Waals surface area contributed by atoms with Crippen molar-refractivity contribution in [3.05, 3.63) is 23.3 Å². The number of amides is 1. The van der Waals surface area contributed by atoms with Crippen LogP contribution in [-0.2, 0) is 4.79 Å². The molecular weight excluding hydrogens is 266 g/mol. The molecule has 0 radical (unpaired) electrons. The molecule has 0 aliphatic carbocycles. The standard InChI is InChI=1S/C11H13N5O4/c1-5-3-6(2)16-11(12-5)14-8(15-16)9(18)13-7(4-17)10(19)20/h3,7,17H,4H2,1-2H3,(H,13,18)(H,19,20)/t7-/m0/s1. The molecule has 9 nitrogen and oxygen atoms in total. The molecule has 0 unspecified atom stereocenters. The minimum Gasteiger partial charge on any atom is -0.480 e. The average Bonchev–Trinajstić information content (AvgIpc) is 2.79. The highest BCUT2D eigenvalue weighted by atomic mass is 16.4. The molecule has 0 bridgehead atoms. The number of nitrogens with zero attached hydrogens (tertiary/aromatic N) is 4. The fraction of sp³-hybridized carbons (Fsp3) is 0.364. The first-order valence-electron chi connectivity index (χ1n) is 5.78. The molecule has 0 saturated carbocycles. The minimum atomic E-state index is -1.40. The molecule has 1 atom stereocenters. The second kappa shape index (κ2) is 5.21. The van der Waals surface area contributed by atoms with Gasteiger partial charge >= 0.3 is 5.97 Å². The zero-order chi connectivity index (χ0) is 14.9. The summed E-state index contributed by atoms with van der Waals surface area (Å²) in [5.41, 5.74) is 1.48. The third-order valence-electron chi connectivity index (χ3n) is 2.61. The van der Waals surface area contributed by atoms with Crippen LogP contribution in [0.2, 0.25) is 0 Å². The van der Waals surface area contributed by atoms with Gasteiger partial charge in [0.1, 0.15) is 0 Å². The average molecular weight is 279 g/mol. The molecule has 0 aliphatic rings. The summed E-state index contributed by atoms with van der Waals surface area (Å²) in [4.78, 5) is 30.6. The second-order valence-electron chi connectivity index (χ2n) is 4.23. The summed E-state index contributed by atoms with van der Waals surface area (Å²) in [6.45, 7) is 2.85. The largest absolute Gasteiger partial charge is 0.480 e. The van der Waals surface area contributed by atoms with Crippen molar-refractivity contribution in [3.8, 4) is 0 Å². The van der Waals surface area contributed by atoms with Crippen molar-refractivity contribution in [2.75, 3.05) is 6.61 Å². The molecule has 1 amide bonds. The van der Waals surface area contributed by atoms with Crippen LogP contribution in [0.25, 0.3) is 5.78 Å². The molecular formula is C11H13N5O4. The van der Waals surface area contributed by atoms with Gasteiger partial charge in [0, 0.05) is 11.4 Å². The first kappa shape index (κ1) is 13.9. The fourth-order valence-corrected chi connectivity index (χ4v) is 1.67. The summed E-state index contributed by atoms with van der Waals surface area (Å²) in [5, 5.41) is 23.7. The summed E-state index contributed by atoms with van der Waals surface area (Å²) in [7, 11) is 0. The first-order valence-corrected chi connectivity index (χ1v) is 5.78. The highest BCUT2D eigenvalue weighted by Crippen LogP contribution is 2.05. The Morgan fingerprint density at radius 3 is 2.70 bits per heavy atom. The Morgan fingerprint density at radius 1 is 1.40 bits per heavy atom. The molecule has 2 rings (SSSR count). The molecule has 0 saturated heterocycles. The molecule has 9 heteroatoms. The van der Waals surface area contributed by atoms with Crippen LogP contribution in [0.4, 0.5) is 0 Å². The van der Waals surface area contributed by atoms with Gasteiger partial charge in [0.2, 0.25) is 5.82 Å². The third kappa shape index (κ3) is 2.57. The smallest absolute Gasteiger partial charge is 0.328 e. The number of hydrogen-bond donors (Lipinski definition) is 3. The Labute approximate surface area is 113 Å². The Balaban J connectivity index is 2.31. The van der Waals surface area contributed by atoms with Crippen molar-refractivity contribution in [3.63, 3.8) is 0 Å². The fourth-order valence-electron chi connectivity index (χ4n) is 1.67. The van der Waals surface area contributed by atoms with Crippen LogP contribution in [0.3, 0.4) is 0 Å². The normalized spacial score (nSPS) is 12.3. The van der Waals surface area contributed by atoms with Crippen LogP contribution in [-0.4, -0.2) is 54.3 Å². The van der Waals surface area contributed by atoms with E-state index in [1.165, 1.54) is 4.52 Å². The predicted molar refractivity (Wildman–Crippen MR) is 66.2 cm³/mol. The number of rotatable bonds is 4. The van der Waals surface area contributed by atoms with Crippen molar-refractivity contribution in [2.45, 2.75) is 19.9 Å². The number of aromatic nitrogens is 4. The van der Waals surface area contributed by atoms with Gasteiger partial charge in [0.15, 0.2) is 6.04 Å². The summed E-state index contributed by atoms with van der Waals surface area (Å²) in [6.07, 6.45) is 0. The topological polar surface area (TPSA) is 130 Å². The van der Waals surface area contributed by atoms with Gasteiger partial charge in [0.25, 0.3) is 11.7 Å². The van der Waals surface area contributed by atoms with E-state index in [0.29, 0.717) is 0 Å². The molecule has 0 fully saturated rings. The number of carboxylic acid groups (broad SMARTS) is 1. The lowest BCUT2D eigenvalue weighted by Crippen LogP contribution is -2.43. The lowest BCUT2D eigenvalue weighted by Gasteiger charge is -2.09. The van der Waals surface area contributed by atoms with Crippen molar-refractivity contribution in [1.29, 1.82) is 0 Å². The van der Waals surface area contributed by atoms with E-state index in [9.17, 15) is 9.59 Å². The van der Waals surface area contributed by atoms with Crippen LogP contribution in [0, 0.1) is 13.8 Å². The van der Waals surface area contributed by atoms with E-state index in [2.05, 4.69) is 20.4 Å². The van der Waals surface area contributed by atoms with E-state index < -0.39 is 24.5 Å². The van der Waals surface area contributed by atoms with E-state index in [1.54, 1.807) is 19.9 Å². The van der Waals surface area contributed by atoms with Crippen LogP contribution in [0.1, 0.15) is 22.0 Å². The Hall–Kier alpha value is -2.55. The zero-order valence-electron chi connectivity index (χ0n) is 10.9. The number of nitrogens with one attached hydrogen (secondary N) is 1. The Morgan fingerprint density at radius 2 is 2.10 bits per heavy atom. The molecule has 2 heterocycles. The summed E-state index contributed by atoms with van der Waals surface area (Å²) >= 11 is 0. The predicted octanol–water partition coefficient (Wildman–Crippen LogP) is -1.08. The molecule has 2 aromatic heterocycles. The van der Waals surface area contributed by atoms with Gasteiger partial charge in [0.05, 0.1) is 6.61 Å². The number of carbonyl (C=O) groups is 2. The Kier molecular flexibility index (Phi) is 3.61. The van der Waals surface area contributed by atoms with Crippen molar-refractivity contribution in [1.82, 2.24) is 24.9 Å². The molecule has 106 valence electrons. The number of aliphatic hydroxyl groups is 1. The molecule has 2 aromatic rings. The van der Waals surface area contributed by atoms with Crippen LogP contribution >= 0.6 is 0 Å². The lowest BCUT2D eigenvalue weighted by atomic mass is 10.3. The van der Waals surface area contributed by atoms with Gasteiger partial charge in [-0.1, -0.05) is 0 Å². The maximum absolute atomic E-state index is 11.8. The quantitative estimate of drug-likeness (QED) is 0.648. The van der Waals surface area contributed by atoms with Gasteiger partial charge in [-0.25, -0.2) is 14.3 Å². The van der Waals surface area contributed by atoms with E-state index in [0.717, 1.165) is 11.4 Å². The van der Waals surface area contributed by atoms with Crippen molar-refractivity contribution in [2.24, 2.45) is 0 Å². The summed E-state index contributed by atoms with van der Waals surface area (Å²) in [6, 6.07) is 0.377. The number of carbonyl (C=O) groups excluding carboxylic acids is 1. The number of aliphatic hydroxyl groups excluding tert-OH is 1. The van der Waals surface area contributed by atoms with E-state index in [-0.39, 0.29) is 11.6 Å². The molecule has 20 heavy (non-hydrogen) atoms. The van der Waals surface area contributed by atoms with Crippen molar-refractivity contribution < 1.29 is 19.8 Å². The van der Waals surface area contributed by atoms with E-state index in [4.69, 9.17) is 10.2 Å². The highest BCUT2D eigenvalue weighted by molar-refractivity contribution is 5.93. The van der Waals surface area contributed by atoms with Gasteiger partial charge in [-0.3, -0.25) is 4.79 Å². The van der Waals surface area contributed by atoms with Gasteiger partial charge in [-0.05, 0) is 19.9 Å². The number of hydrogen-bond acceptors (Lipinski definition) is 6. The molecule has 0 aromatic carbocycles. The van der Waals surface area contributed by atoms with Crippen LogP contribution in [0.15, 0.2) is 6.07 Å². The van der Waals surface area contributed by atoms with E-state index in [1.807, 2.05) is 0 Å². The third-order valence-corrected chi connectivity index (χ3v) is 2.61. The Bertz CT molecular complexity index is 681. The van der Waals surface area contributed by atoms with Crippen LogP contribution in [0.5, 0.6) is 0 Å². The monoisotopic (exact) mass is 279 g/mol. The number of carboxylic acids is 1. The number of aryl methyl sites for hydroxylation is 2. The number of aliphatic carboxylic acids is 1. The van der Waals surface area contributed by atoms with Gasteiger partial charge in [-0.15, -0.1) is 5.10 Å². The maximum Gasteiger partial charge on any atom is 0.328 e. The lowest BCUT2D eigenvalue weighted by molar-refractivity contribution is -0.140. The first-order chi connectivity index (χ1) is 9.42. The molecule has 0 aliphatic heterocycles. The highest BCUT2D eigenvalue weighted by Gasteiger charge is 2.22. The second-order valence-corrected chi connectivity index (χ2v) is 4.23. The van der Waals surface area contributed by atoms with Gasteiger partial charge < -0.3 is 15.5 Å². The van der Waals surface area contributed by atoms with Crippen LogP contribution < -0.4 is 5.32 Å². The summed E-state index contributed by atoms with van der Waals surface area (Å²) in [5.74, 6) is -2.07. The SMILES string of the molecule is Cc1cc(C)n2nc(C(=O)N[C@@H](CO)C(=O)O)nc2n1. The van der Waals surface area contributed by atoms with E-state index >= 15 is 0 Å². The van der Waals surface area contributed by atoms with Crippen molar-refractivity contribution >= 4 is 17.7 Å². The minimum absolute atomic E-state index is 0.203.